The first-order chi connectivity index (χ1) is 8.92. The van der Waals surface area contributed by atoms with Crippen LogP contribution in [0.4, 0.5) is 0 Å². The van der Waals surface area contributed by atoms with Crippen LogP contribution in [0.3, 0.4) is 0 Å². The second-order valence-electron chi connectivity index (χ2n) is 5.13. The van der Waals surface area contributed by atoms with Crippen molar-refractivity contribution in [3.05, 3.63) is 0 Å². The van der Waals surface area contributed by atoms with Crippen LogP contribution in [0.5, 0.6) is 0 Å². The van der Waals surface area contributed by atoms with Gasteiger partial charge in [0.05, 0.1) is 6.54 Å². The largest absolute Gasteiger partial charge is 0.359 e. The highest BCUT2D eigenvalue weighted by atomic mass is 32.2. The van der Waals surface area contributed by atoms with Crippen LogP contribution in [0.25, 0.3) is 0 Å². The van der Waals surface area contributed by atoms with Gasteiger partial charge in [0.15, 0.2) is 0 Å². The van der Waals surface area contributed by atoms with E-state index in [-0.39, 0.29) is 11.4 Å². The molecule has 108 valence electrons. The molecule has 1 rings (SSSR count). The fraction of sp³-hybridized carbons (Fsp3) is 0.818. The number of aromatic nitrogens is 4. The predicted octanol–water partition coefficient (Wildman–Crippen LogP) is 0.289. The molecule has 8 heteroatoms. The van der Waals surface area contributed by atoms with E-state index in [1.165, 1.54) is 11.8 Å². The first-order valence-electron chi connectivity index (χ1n) is 6.27. The van der Waals surface area contributed by atoms with Crippen LogP contribution >= 0.6 is 11.8 Å². The Hall–Kier alpha value is -1.15. The maximum Gasteiger partial charge on any atom is 0.220 e. The van der Waals surface area contributed by atoms with Crippen LogP contribution in [-0.4, -0.2) is 51.0 Å². The van der Waals surface area contributed by atoms with Gasteiger partial charge in [-0.1, -0.05) is 11.8 Å². The van der Waals surface area contributed by atoms with Gasteiger partial charge in [0, 0.05) is 31.3 Å². The van der Waals surface area contributed by atoms with Crippen molar-refractivity contribution in [3.8, 4) is 0 Å². The van der Waals surface area contributed by atoms with E-state index in [1.54, 1.807) is 11.7 Å². The Labute approximate surface area is 117 Å². The molecular weight excluding hydrogens is 264 g/mol. The van der Waals surface area contributed by atoms with Gasteiger partial charge < -0.3 is 10.6 Å². The summed E-state index contributed by atoms with van der Waals surface area (Å²) in [6, 6.07) is 0. The molecule has 0 fully saturated rings. The number of hydrogen-bond acceptors (Lipinski definition) is 6. The first-order valence-corrected chi connectivity index (χ1v) is 7.25. The van der Waals surface area contributed by atoms with Crippen LogP contribution < -0.4 is 10.6 Å². The van der Waals surface area contributed by atoms with Gasteiger partial charge in [0.25, 0.3) is 0 Å². The number of rotatable bonds is 7. The Kier molecular flexibility index (Phi) is 6.23. The molecule has 0 saturated carbocycles. The lowest BCUT2D eigenvalue weighted by Crippen LogP contribution is -2.38. The smallest absolute Gasteiger partial charge is 0.220 e. The summed E-state index contributed by atoms with van der Waals surface area (Å²) >= 11 is 1.49. The molecule has 0 bridgehead atoms. The molecule has 0 aliphatic rings. The maximum atomic E-state index is 11.1. The SMILES string of the molecule is CNC(=O)CCSc1nnnn1CCNC(C)(C)C. The summed E-state index contributed by atoms with van der Waals surface area (Å²) in [4.78, 5) is 11.1. The zero-order valence-corrected chi connectivity index (χ0v) is 12.8. The van der Waals surface area contributed by atoms with E-state index in [0.717, 1.165) is 11.7 Å². The van der Waals surface area contributed by atoms with Gasteiger partial charge in [0.1, 0.15) is 0 Å². The summed E-state index contributed by atoms with van der Waals surface area (Å²) in [6.45, 7) is 7.87. The molecular formula is C11H22N6OS. The van der Waals surface area contributed by atoms with Crippen molar-refractivity contribution in [1.82, 2.24) is 30.8 Å². The molecule has 0 aromatic carbocycles. The van der Waals surface area contributed by atoms with Crippen molar-refractivity contribution in [2.75, 3.05) is 19.3 Å². The summed E-state index contributed by atoms with van der Waals surface area (Å²) in [5.41, 5.74) is 0.0839. The second-order valence-corrected chi connectivity index (χ2v) is 6.20. The molecule has 1 heterocycles. The van der Waals surface area contributed by atoms with E-state index in [9.17, 15) is 4.79 Å². The zero-order valence-electron chi connectivity index (χ0n) is 11.9. The molecule has 0 radical (unpaired) electrons. The number of amides is 1. The van der Waals surface area contributed by atoms with Crippen molar-refractivity contribution in [2.24, 2.45) is 0 Å². The lowest BCUT2D eigenvalue weighted by Gasteiger charge is -2.20. The number of hydrogen-bond donors (Lipinski definition) is 2. The number of carbonyl (C=O) groups excluding carboxylic acids is 1. The number of nitrogens with zero attached hydrogens (tertiary/aromatic N) is 4. The van der Waals surface area contributed by atoms with Gasteiger partial charge >= 0.3 is 0 Å². The summed E-state index contributed by atoms with van der Waals surface area (Å²) in [6.07, 6.45) is 0.467. The number of carbonyl (C=O) groups is 1. The molecule has 1 aromatic heterocycles. The molecule has 1 amide bonds. The third kappa shape index (κ3) is 6.53. The van der Waals surface area contributed by atoms with Crippen LogP contribution in [0.2, 0.25) is 0 Å². The maximum absolute atomic E-state index is 11.1. The number of nitrogens with one attached hydrogen (secondary N) is 2. The Balaban J connectivity index is 2.36. The van der Waals surface area contributed by atoms with E-state index in [2.05, 4.69) is 46.9 Å². The minimum absolute atomic E-state index is 0.0286. The van der Waals surface area contributed by atoms with Gasteiger partial charge in [-0.2, -0.15) is 0 Å². The van der Waals surface area contributed by atoms with Crippen molar-refractivity contribution in [1.29, 1.82) is 0 Å². The second kappa shape index (κ2) is 7.44. The van der Waals surface area contributed by atoms with Gasteiger partial charge in [-0.25, -0.2) is 4.68 Å². The van der Waals surface area contributed by atoms with Crippen molar-refractivity contribution in [3.63, 3.8) is 0 Å². The van der Waals surface area contributed by atoms with Crippen LogP contribution in [0, 0.1) is 0 Å². The quantitative estimate of drug-likeness (QED) is 0.701. The minimum atomic E-state index is 0.0286. The molecule has 1 aromatic rings. The Bertz CT molecular complexity index is 400. The lowest BCUT2D eigenvalue weighted by molar-refractivity contribution is -0.120. The normalized spacial score (nSPS) is 11.6. The standard InChI is InChI=1S/C11H22N6OS/c1-11(2,3)13-6-7-17-10(14-15-16-17)19-8-5-9(18)12-4/h13H,5-8H2,1-4H3,(H,12,18). The number of thioether (sulfide) groups is 1. The predicted molar refractivity (Wildman–Crippen MR) is 75.0 cm³/mol. The van der Waals surface area contributed by atoms with E-state index in [1.807, 2.05) is 0 Å². The molecule has 0 unspecified atom stereocenters. The van der Waals surface area contributed by atoms with Crippen molar-refractivity contribution in [2.45, 2.75) is 44.4 Å². The zero-order chi connectivity index (χ0) is 14.3. The molecule has 0 aliphatic carbocycles. The highest BCUT2D eigenvalue weighted by Gasteiger charge is 2.11. The van der Waals surface area contributed by atoms with E-state index in [0.29, 0.717) is 18.7 Å². The van der Waals surface area contributed by atoms with Crippen molar-refractivity contribution >= 4 is 17.7 Å². The third-order valence-electron chi connectivity index (χ3n) is 2.32. The van der Waals surface area contributed by atoms with Crippen LogP contribution in [0.1, 0.15) is 27.2 Å². The average Bonchev–Trinajstić information content (AvgIpc) is 2.75. The van der Waals surface area contributed by atoms with Crippen LogP contribution in [-0.2, 0) is 11.3 Å². The molecule has 0 saturated heterocycles. The van der Waals surface area contributed by atoms with Crippen LogP contribution in [0.15, 0.2) is 5.16 Å². The topological polar surface area (TPSA) is 84.7 Å². The molecule has 0 aliphatic heterocycles. The Morgan fingerprint density at radius 3 is 2.79 bits per heavy atom. The molecule has 7 nitrogen and oxygen atoms in total. The van der Waals surface area contributed by atoms with E-state index < -0.39 is 0 Å². The summed E-state index contributed by atoms with van der Waals surface area (Å²) < 4.78 is 1.76. The summed E-state index contributed by atoms with van der Waals surface area (Å²) in [7, 11) is 1.63. The molecule has 0 spiro atoms. The average molecular weight is 286 g/mol. The summed E-state index contributed by atoms with van der Waals surface area (Å²) in [5, 5.41) is 18.3. The van der Waals surface area contributed by atoms with Gasteiger partial charge in [-0.05, 0) is 31.2 Å². The fourth-order valence-corrected chi connectivity index (χ4v) is 2.18. The first kappa shape index (κ1) is 15.9. The highest BCUT2D eigenvalue weighted by Crippen LogP contribution is 2.14. The molecule has 0 atom stereocenters. The summed E-state index contributed by atoms with van der Waals surface area (Å²) in [5.74, 6) is 0.702. The number of tetrazole rings is 1. The van der Waals surface area contributed by atoms with E-state index >= 15 is 0 Å². The van der Waals surface area contributed by atoms with Crippen molar-refractivity contribution < 1.29 is 4.79 Å². The van der Waals surface area contributed by atoms with E-state index in [4.69, 9.17) is 0 Å². The minimum Gasteiger partial charge on any atom is -0.359 e. The third-order valence-corrected chi connectivity index (χ3v) is 3.28. The van der Waals surface area contributed by atoms with Gasteiger partial charge in [0.2, 0.25) is 11.1 Å². The van der Waals surface area contributed by atoms with Gasteiger partial charge in [-0.3, -0.25) is 4.79 Å². The monoisotopic (exact) mass is 286 g/mol. The fourth-order valence-electron chi connectivity index (χ4n) is 1.34. The highest BCUT2D eigenvalue weighted by molar-refractivity contribution is 7.99. The Morgan fingerprint density at radius 1 is 1.42 bits per heavy atom. The van der Waals surface area contributed by atoms with Gasteiger partial charge in [-0.15, -0.1) is 5.10 Å². The molecule has 2 N–H and O–H groups in total. The lowest BCUT2D eigenvalue weighted by atomic mass is 10.1. The molecule has 19 heavy (non-hydrogen) atoms. The Morgan fingerprint density at radius 2 is 2.16 bits per heavy atom.